The first-order chi connectivity index (χ1) is 5.20. The zero-order valence-electron chi connectivity index (χ0n) is 7.51. The van der Waals surface area contributed by atoms with Gasteiger partial charge >= 0.3 is 0 Å². The molecule has 1 aliphatic rings. The van der Waals surface area contributed by atoms with Crippen LogP contribution in [0.25, 0.3) is 0 Å². The molecule has 0 bridgehead atoms. The quantitative estimate of drug-likeness (QED) is 0.644. The van der Waals surface area contributed by atoms with Gasteiger partial charge in [0.15, 0.2) is 0 Å². The zero-order valence-corrected chi connectivity index (χ0v) is 7.51. The van der Waals surface area contributed by atoms with Crippen LogP contribution in [-0.4, -0.2) is 23.8 Å². The molecule has 0 radical (unpaired) electrons. The van der Waals surface area contributed by atoms with Gasteiger partial charge in [-0.25, -0.2) is 0 Å². The normalized spacial score (nSPS) is 31.6. The highest BCUT2D eigenvalue weighted by atomic mass is 16.3. The highest BCUT2D eigenvalue weighted by Gasteiger charge is 2.23. The Labute approximate surface area is 69.0 Å². The van der Waals surface area contributed by atoms with Crippen molar-refractivity contribution in [3.05, 3.63) is 0 Å². The van der Waals surface area contributed by atoms with Crippen LogP contribution >= 0.6 is 0 Å². The summed E-state index contributed by atoms with van der Waals surface area (Å²) in [4.78, 5) is 0. The molecule has 0 aromatic carbocycles. The first-order valence-corrected chi connectivity index (χ1v) is 4.61. The SMILES string of the molecule is CC(C)CCC1NCCC1O. The van der Waals surface area contributed by atoms with Gasteiger partial charge in [0, 0.05) is 6.04 Å². The van der Waals surface area contributed by atoms with Crippen molar-refractivity contribution >= 4 is 0 Å². The van der Waals surface area contributed by atoms with E-state index in [9.17, 15) is 5.11 Å². The molecule has 2 atom stereocenters. The molecule has 0 spiro atoms. The van der Waals surface area contributed by atoms with Crippen LogP contribution in [0.1, 0.15) is 33.1 Å². The first-order valence-electron chi connectivity index (χ1n) is 4.61. The summed E-state index contributed by atoms with van der Waals surface area (Å²) in [6.45, 7) is 5.44. The molecule has 1 aliphatic heterocycles. The third-order valence-electron chi connectivity index (χ3n) is 2.37. The molecule has 1 saturated heterocycles. The van der Waals surface area contributed by atoms with Gasteiger partial charge in [-0.15, -0.1) is 0 Å². The Bertz CT molecular complexity index is 114. The van der Waals surface area contributed by atoms with E-state index in [1.807, 2.05) is 0 Å². The Kier molecular flexibility index (Phi) is 3.34. The van der Waals surface area contributed by atoms with Crippen molar-refractivity contribution in [3.8, 4) is 0 Å². The van der Waals surface area contributed by atoms with Crippen molar-refractivity contribution in [1.29, 1.82) is 0 Å². The predicted molar refractivity (Wildman–Crippen MR) is 46.5 cm³/mol. The van der Waals surface area contributed by atoms with E-state index in [-0.39, 0.29) is 6.10 Å². The van der Waals surface area contributed by atoms with E-state index in [1.165, 1.54) is 6.42 Å². The van der Waals surface area contributed by atoms with Gasteiger partial charge in [-0.2, -0.15) is 0 Å². The second-order valence-corrected chi connectivity index (χ2v) is 3.89. The van der Waals surface area contributed by atoms with Gasteiger partial charge in [0.1, 0.15) is 0 Å². The highest BCUT2D eigenvalue weighted by Crippen LogP contribution is 2.14. The lowest BCUT2D eigenvalue weighted by molar-refractivity contribution is 0.152. The van der Waals surface area contributed by atoms with Crippen LogP contribution in [0, 0.1) is 5.92 Å². The van der Waals surface area contributed by atoms with Gasteiger partial charge in [-0.1, -0.05) is 13.8 Å². The van der Waals surface area contributed by atoms with Crippen molar-refractivity contribution in [2.45, 2.75) is 45.3 Å². The molecule has 0 aliphatic carbocycles. The first kappa shape index (κ1) is 9.01. The average Bonchev–Trinajstić information content (AvgIpc) is 2.31. The lowest BCUT2D eigenvalue weighted by Gasteiger charge is -2.15. The molecular formula is C9H19NO. The molecule has 0 amide bonds. The largest absolute Gasteiger partial charge is 0.391 e. The molecule has 2 heteroatoms. The van der Waals surface area contributed by atoms with Gasteiger partial charge in [-0.3, -0.25) is 0 Å². The van der Waals surface area contributed by atoms with E-state index in [4.69, 9.17) is 0 Å². The van der Waals surface area contributed by atoms with Gasteiger partial charge in [0.05, 0.1) is 6.10 Å². The molecule has 0 aromatic heterocycles. The summed E-state index contributed by atoms with van der Waals surface area (Å²) in [6, 6.07) is 0.373. The summed E-state index contributed by atoms with van der Waals surface area (Å²) in [7, 11) is 0. The molecule has 11 heavy (non-hydrogen) atoms. The van der Waals surface area contributed by atoms with Crippen LogP contribution in [-0.2, 0) is 0 Å². The molecule has 2 nitrogen and oxygen atoms in total. The summed E-state index contributed by atoms with van der Waals surface area (Å²) < 4.78 is 0. The summed E-state index contributed by atoms with van der Waals surface area (Å²) >= 11 is 0. The summed E-state index contributed by atoms with van der Waals surface area (Å²) in [5.41, 5.74) is 0. The van der Waals surface area contributed by atoms with Crippen LogP contribution in [0.15, 0.2) is 0 Å². The highest BCUT2D eigenvalue weighted by molar-refractivity contribution is 4.82. The predicted octanol–water partition coefficient (Wildman–Crippen LogP) is 1.15. The number of rotatable bonds is 3. The lowest BCUT2D eigenvalue weighted by Crippen LogP contribution is -2.30. The van der Waals surface area contributed by atoms with Gasteiger partial charge < -0.3 is 10.4 Å². The Hall–Kier alpha value is -0.0800. The summed E-state index contributed by atoms with van der Waals surface area (Å²) in [6.07, 6.45) is 3.19. The van der Waals surface area contributed by atoms with Crippen LogP contribution in [0.3, 0.4) is 0 Å². The van der Waals surface area contributed by atoms with Crippen molar-refractivity contribution < 1.29 is 5.11 Å². The molecule has 1 heterocycles. The maximum Gasteiger partial charge on any atom is 0.0705 e. The Morgan fingerprint density at radius 3 is 2.73 bits per heavy atom. The fourth-order valence-corrected chi connectivity index (χ4v) is 1.56. The summed E-state index contributed by atoms with van der Waals surface area (Å²) in [5, 5.41) is 12.8. The van der Waals surface area contributed by atoms with Crippen LogP contribution < -0.4 is 5.32 Å². The van der Waals surface area contributed by atoms with E-state index in [2.05, 4.69) is 19.2 Å². The topological polar surface area (TPSA) is 32.3 Å². The minimum atomic E-state index is -0.0891. The lowest BCUT2D eigenvalue weighted by atomic mass is 10.0. The molecule has 66 valence electrons. The number of aliphatic hydroxyl groups excluding tert-OH is 1. The molecule has 2 N–H and O–H groups in total. The number of hydrogen-bond donors (Lipinski definition) is 2. The monoisotopic (exact) mass is 157 g/mol. The molecule has 1 rings (SSSR count). The van der Waals surface area contributed by atoms with Gasteiger partial charge in [-0.05, 0) is 31.7 Å². The van der Waals surface area contributed by atoms with Crippen molar-refractivity contribution in [1.82, 2.24) is 5.32 Å². The van der Waals surface area contributed by atoms with E-state index in [0.717, 1.165) is 25.3 Å². The van der Waals surface area contributed by atoms with Gasteiger partial charge in [0.25, 0.3) is 0 Å². The van der Waals surface area contributed by atoms with Crippen molar-refractivity contribution in [2.24, 2.45) is 5.92 Å². The Morgan fingerprint density at radius 2 is 2.27 bits per heavy atom. The molecule has 0 aromatic rings. The minimum Gasteiger partial charge on any atom is -0.391 e. The fraction of sp³-hybridized carbons (Fsp3) is 1.00. The Morgan fingerprint density at radius 1 is 1.55 bits per heavy atom. The van der Waals surface area contributed by atoms with Crippen LogP contribution in [0.2, 0.25) is 0 Å². The number of aliphatic hydroxyl groups is 1. The fourth-order valence-electron chi connectivity index (χ4n) is 1.56. The average molecular weight is 157 g/mol. The number of nitrogens with one attached hydrogen (secondary N) is 1. The second kappa shape index (κ2) is 4.07. The van der Waals surface area contributed by atoms with E-state index >= 15 is 0 Å². The minimum absolute atomic E-state index is 0.0891. The van der Waals surface area contributed by atoms with Crippen LogP contribution in [0.5, 0.6) is 0 Å². The van der Waals surface area contributed by atoms with Crippen LogP contribution in [0.4, 0.5) is 0 Å². The van der Waals surface area contributed by atoms with Crippen molar-refractivity contribution in [2.75, 3.05) is 6.54 Å². The molecule has 0 saturated carbocycles. The zero-order chi connectivity index (χ0) is 8.27. The van der Waals surface area contributed by atoms with E-state index in [1.54, 1.807) is 0 Å². The molecular weight excluding hydrogens is 138 g/mol. The summed E-state index contributed by atoms with van der Waals surface area (Å²) in [5.74, 6) is 0.754. The third kappa shape index (κ3) is 2.80. The van der Waals surface area contributed by atoms with E-state index in [0.29, 0.717) is 6.04 Å². The standard InChI is InChI=1S/C9H19NO/c1-7(2)3-4-8-9(11)5-6-10-8/h7-11H,3-6H2,1-2H3. The Balaban J connectivity index is 2.15. The smallest absolute Gasteiger partial charge is 0.0705 e. The maximum atomic E-state index is 9.44. The second-order valence-electron chi connectivity index (χ2n) is 3.89. The van der Waals surface area contributed by atoms with E-state index < -0.39 is 0 Å². The van der Waals surface area contributed by atoms with Gasteiger partial charge in [0.2, 0.25) is 0 Å². The molecule has 1 fully saturated rings. The molecule has 2 unspecified atom stereocenters. The maximum absolute atomic E-state index is 9.44. The van der Waals surface area contributed by atoms with Crippen molar-refractivity contribution in [3.63, 3.8) is 0 Å². The third-order valence-corrected chi connectivity index (χ3v) is 2.37. The number of hydrogen-bond acceptors (Lipinski definition) is 2.